The first-order valence-electron chi connectivity index (χ1n) is 10.9. The predicted octanol–water partition coefficient (Wildman–Crippen LogP) is 4.84. The minimum Gasteiger partial charge on any atom is -0.338 e. The first-order valence-corrected chi connectivity index (χ1v) is 11.7. The maximum absolute atomic E-state index is 13.1. The van der Waals surface area contributed by atoms with Crippen molar-refractivity contribution < 1.29 is 9.32 Å². The van der Waals surface area contributed by atoms with Crippen LogP contribution in [0.3, 0.4) is 0 Å². The summed E-state index contributed by atoms with van der Waals surface area (Å²) in [4.78, 5) is 21.9. The van der Waals surface area contributed by atoms with E-state index in [4.69, 9.17) is 27.7 Å². The van der Waals surface area contributed by atoms with Gasteiger partial charge in [-0.2, -0.15) is 4.98 Å². The highest BCUT2D eigenvalue weighted by Crippen LogP contribution is 2.29. The van der Waals surface area contributed by atoms with Crippen LogP contribution in [0.5, 0.6) is 0 Å². The van der Waals surface area contributed by atoms with Crippen LogP contribution in [0.1, 0.15) is 29.9 Å². The molecule has 1 aromatic heterocycles. The summed E-state index contributed by atoms with van der Waals surface area (Å²) < 4.78 is 5.44. The summed E-state index contributed by atoms with van der Waals surface area (Å²) in [5.74, 6) is 1.37. The van der Waals surface area contributed by atoms with Crippen molar-refractivity contribution in [3.8, 4) is 11.4 Å². The van der Waals surface area contributed by atoms with Gasteiger partial charge < -0.3 is 9.42 Å². The summed E-state index contributed by atoms with van der Waals surface area (Å²) in [6.07, 6.45) is 2.64. The summed E-state index contributed by atoms with van der Waals surface area (Å²) in [6, 6.07) is 13.6. The Balaban J connectivity index is 1.15. The van der Waals surface area contributed by atoms with Crippen molar-refractivity contribution in [2.45, 2.75) is 32.4 Å². The van der Waals surface area contributed by atoms with Gasteiger partial charge in [-0.3, -0.25) is 9.69 Å². The van der Waals surface area contributed by atoms with Crippen LogP contribution in [0.2, 0.25) is 10.0 Å². The molecule has 0 atom stereocenters. The number of carbonyl (C=O) groups excluding carboxylic acids is 1. The fourth-order valence-electron chi connectivity index (χ4n) is 4.57. The van der Waals surface area contributed by atoms with Gasteiger partial charge in [-0.05, 0) is 61.7 Å². The number of fused-ring (bicyclic) bond motifs is 1. The molecule has 1 saturated heterocycles. The Bertz CT molecular complexity index is 1120. The van der Waals surface area contributed by atoms with Gasteiger partial charge in [-0.25, -0.2) is 0 Å². The lowest BCUT2D eigenvalue weighted by atomic mass is 9.93. The zero-order valence-electron chi connectivity index (χ0n) is 17.6. The number of rotatable bonds is 4. The van der Waals surface area contributed by atoms with Gasteiger partial charge in [0.25, 0.3) is 0 Å². The Morgan fingerprint density at radius 2 is 1.84 bits per heavy atom. The lowest BCUT2D eigenvalue weighted by Crippen LogP contribution is -2.44. The van der Waals surface area contributed by atoms with Gasteiger partial charge >= 0.3 is 0 Å². The van der Waals surface area contributed by atoms with Gasteiger partial charge in [0.05, 0.1) is 11.6 Å². The van der Waals surface area contributed by atoms with Crippen molar-refractivity contribution in [2.75, 3.05) is 19.6 Å². The summed E-state index contributed by atoms with van der Waals surface area (Å²) in [5.41, 5.74) is 3.33. The van der Waals surface area contributed by atoms with Gasteiger partial charge in [0.1, 0.15) is 0 Å². The van der Waals surface area contributed by atoms with Gasteiger partial charge in [-0.15, -0.1) is 0 Å². The number of nitrogens with zero attached hydrogens (tertiary/aromatic N) is 4. The van der Waals surface area contributed by atoms with Crippen molar-refractivity contribution in [1.29, 1.82) is 0 Å². The van der Waals surface area contributed by atoms with Crippen LogP contribution in [-0.4, -0.2) is 45.5 Å². The van der Waals surface area contributed by atoms with Crippen molar-refractivity contribution in [3.63, 3.8) is 0 Å². The minimum atomic E-state index is 0.0858. The Kier molecular flexibility index (Phi) is 6.17. The van der Waals surface area contributed by atoms with E-state index in [-0.39, 0.29) is 11.8 Å². The number of benzene rings is 2. The van der Waals surface area contributed by atoms with Gasteiger partial charge in [0, 0.05) is 29.6 Å². The zero-order chi connectivity index (χ0) is 22.1. The molecular weight excluding hydrogens is 447 g/mol. The molecule has 8 heteroatoms. The number of carbonyl (C=O) groups is 1. The number of hydrogen-bond donors (Lipinski definition) is 0. The van der Waals surface area contributed by atoms with Gasteiger partial charge in [-0.1, -0.05) is 52.6 Å². The Morgan fingerprint density at radius 1 is 1.06 bits per heavy atom. The quantitative estimate of drug-likeness (QED) is 0.545. The number of piperidine rings is 1. The number of hydrogen-bond acceptors (Lipinski definition) is 5. The Morgan fingerprint density at radius 3 is 2.62 bits per heavy atom. The Labute approximate surface area is 197 Å². The second-order valence-electron chi connectivity index (χ2n) is 8.46. The smallest absolute Gasteiger partial charge is 0.241 e. The van der Waals surface area contributed by atoms with E-state index in [1.165, 1.54) is 11.1 Å². The zero-order valence-corrected chi connectivity index (χ0v) is 19.1. The maximum Gasteiger partial charge on any atom is 0.241 e. The van der Waals surface area contributed by atoms with E-state index in [9.17, 15) is 4.79 Å². The van der Waals surface area contributed by atoms with E-state index in [1.54, 1.807) is 18.2 Å². The first kappa shape index (κ1) is 21.4. The molecule has 166 valence electrons. The molecule has 6 nitrogen and oxygen atoms in total. The monoisotopic (exact) mass is 470 g/mol. The number of aromatic nitrogens is 2. The molecule has 0 N–H and O–H groups in total. The fourth-order valence-corrected chi connectivity index (χ4v) is 5.06. The van der Waals surface area contributed by atoms with E-state index in [0.29, 0.717) is 33.9 Å². The molecule has 2 aliphatic heterocycles. The number of likely N-dealkylation sites (tertiary alicyclic amines) is 1. The standard InChI is InChI=1S/C24H24Cl2N4O2/c25-19-5-6-20(21(26)13-19)23-27-22(32-28-23)15-29-10-7-17(8-11-29)24(31)30-12-9-16-3-1-2-4-18(16)14-30/h1-6,13,17H,7-12,14-15H2. The molecule has 0 unspecified atom stereocenters. The highest BCUT2D eigenvalue weighted by atomic mass is 35.5. The average molecular weight is 471 g/mol. The average Bonchev–Trinajstić information content (AvgIpc) is 3.27. The molecule has 0 spiro atoms. The predicted molar refractivity (Wildman–Crippen MR) is 123 cm³/mol. The summed E-state index contributed by atoms with van der Waals surface area (Å²) in [6.45, 7) is 3.78. The molecule has 0 aliphatic carbocycles. The van der Waals surface area contributed by atoms with Gasteiger partial charge in [0.15, 0.2) is 0 Å². The van der Waals surface area contributed by atoms with Crippen LogP contribution < -0.4 is 0 Å². The third kappa shape index (κ3) is 4.53. The van der Waals surface area contributed by atoms with Crippen molar-refractivity contribution in [1.82, 2.24) is 19.9 Å². The SMILES string of the molecule is O=C(C1CCN(Cc2nc(-c3ccc(Cl)cc3Cl)no2)CC1)N1CCc2ccccc2C1. The van der Waals surface area contributed by atoms with Crippen LogP contribution in [-0.2, 0) is 24.3 Å². The third-order valence-electron chi connectivity index (χ3n) is 6.38. The lowest BCUT2D eigenvalue weighted by molar-refractivity contribution is -0.138. The van der Waals surface area contributed by atoms with Crippen LogP contribution in [0.25, 0.3) is 11.4 Å². The van der Waals surface area contributed by atoms with Crippen LogP contribution >= 0.6 is 23.2 Å². The maximum atomic E-state index is 13.1. The van der Waals surface area contributed by atoms with Crippen molar-refractivity contribution in [2.24, 2.45) is 5.92 Å². The first-order chi connectivity index (χ1) is 15.6. The molecule has 5 rings (SSSR count). The molecule has 0 saturated carbocycles. The largest absolute Gasteiger partial charge is 0.338 e. The highest BCUT2D eigenvalue weighted by Gasteiger charge is 2.30. The topological polar surface area (TPSA) is 62.5 Å². The van der Waals surface area contributed by atoms with E-state index in [1.807, 2.05) is 4.90 Å². The lowest BCUT2D eigenvalue weighted by Gasteiger charge is -2.35. The fraction of sp³-hybridized carbons (Fsp3) is 0.375. The molecular formula is C24H24Cl2N4O2. The summed E-state index contributed by atoms with van der Waals surface area (Å²) >= 11 is 12.2. The second-order valence-corrected chi connectivity index (χ2v) is 9.31. The molecule has 0 radical (unpaired) electrons. The third-order valence-corrected chi connectivity index (χ3v) is 6.93. The van der Waals surface area contributed by atoms with E-state index in [0.717, 1.165) is 45.4 Å². The van der Waals surface area contributed by atoms with Crippen LogP contribution in [0.15, 0.2) is 47.0 Å². The molecule has 2 aromatic carbocycles. The van der Waals surface area contributed by atoms with E-state index in [2.05, 4.69) is 39.3 Å². The molecule has 3 heterocycles. The van der Waals surface area contributed by atoms with Crippen LogP contribution in [0.4, 0.5) is 0 Å². The molecule has 2 aliphatic rings. The minimum absolute atomic E-state index is 0.0858. The van der Waals surface area contributed by atoms with Crippen LogP contribution in [0, 0.1) is 5.92 Å². The summed E-state index contributed by atoms with van der Waals surface area (Å²) in [5, 5.41) is 5.12. The second kappa shape index (κ2) is 9.22. The molecule has 1 fully saturated rings. The van der Waals surface area contributed by atoms with Crippen molar-refractivity contribution >= 4 is 29.1 Å². The van der Waals surface area contributed by atoms with Gasteiger partial charge in [0.2, 0.25) is 17.6 Å². The molecule has 3 aromatic rings. The number of halogens is 2. The molecule has 32 heavy (non-hydrogen) atoms. The number of amides is 1. The van der Waals surface area contributed by atoms with E-state index >= 15 is 0 Å². The Hall–Kier alpha value is -2.41. The van der Waals surface area contributed by atoms with Crippen molar-refractivity contribution in [3.05, 3.63) is 69.5 Å². The highest BCUT2D eigenvalue weighted by molar-refractivity contribution is 6.36. The summed E-state index contributed by atoms with van der Waals surface area (Å²) in [7, 11) is 0. The van der Waals surface area contributed by atoms with E-state index < -0.39 is 0 Å². The molecule has 1 amide bonds. The molecule has 0 bridgehead atoms. The normalized spacial score (nSPS) is 17.4.